The van der Waals surface area contributed by atoms with E-state index in [0.29, 0.717) is 15.5 Å². The molecule has 0 spiro atoms. The molecular formula is C6H2Br2N2O2S2. The lowest BCUT2D eigenvalue weighted by molar-refractivity contribution is 0.564. The van der Waals surface area contributed by atoms with Gasteiger partial charge in [0.15, 0.2) is 11.1 Å². The Morgan fingerprint density at radius 3 is 2.57 bits per heavy atom. The standard InChI is InChI=1S/C6H2Br2N2O2S2/c7-2-1-3(8)6(14(11)12)5-4(2)9-13-10-5/h1H,(H,11,12). The Balaban J connectivity index is 2.93. The van der Waals surface area contributed by atoms with Crippen molar-refractivity contribution in [2.75, 3.05) is 0 Å². The fraction of sp³-hybridized carbons (Fsp3) is 0. The lowest BCUT2D eigenvalue weighted by atomic mass is 10.3. The molecule has 1 heterocycles. The largest absolute Gasteiger partial charge is 0.302 e. The molecule has 0 amide bonds. The molecule has 0 aliphatic heterocycles. The van der Waals surface area contributed by atoms with Crippen LogP contribution in [-0.2, 0) is 11.1 Å². The summed E-state index contributed by atoms with van der Waals surface area (Å²) in [7, 11) is 0. The van der Waals surface area contributed by atoms with Crippen LogP contribution in [0.2, 0.25) is 0 Å². The highest BCUT2D eigenvalue weighted by Gasteiger charge is 2.16. The summed E-state index contributed by atoms with van der Waals surface area (Å²) in [5.74, 6) is 0. The Hall–Kier alpha value is 0.110. The minimum Gasteiger partial charge on any atom is -0.302 e. The number of hydrogen-bond acceptors (Lipinski definition) is 4. The number of hydrogen-bond donors (Lipinski definition) is 1. The first-order valence-corrected chi connectivity index (χ1v) is 6.74. The first kappa shape index (κ1) is 10.6. The van der Waals surface area contributed by atoms with Gasteiger partial charge < -0.3 is 4.55 Å². The van der Waals surface area contributed by atoms with Gasteiger partial charge in [-0.05, 0) is 37.9 Å². The van der Waals surface area contributed by atoms with Gasteiger partial charge in [0.1, 0.15) is 15.9 Å². The van der Waals surface area contributed by atoms with Crippen molar-refractivity contribution < 1.29 is 8.76 Å². The third kappa shape index (κ3) is 1.65. The predicted octanol–water partition coefficient (Wildman–Crippen LogP) is 2.80. The van der Waals surface area contributed by atoms with Crippen molar-refractivity contribution in [3.05, 3.63) is 15.0 Å². The molecule has 1 N–H and O–H groups in total. The van der Waals surface area contributed by atoms with E-state index < -0.39 is 11.1 Å². The zero-order valence-corrected chi connectivity index (χ0v) is 11.2. The first-order chi connectivity index (χ1) is 6.61. The van der Waals surface area contributed by atoms with Crippen LogP contribution in [0.4, 0.5) is 0 Å². The average molecular weight is 358 g/mol. The minimum atomic E-state index is -2.07. The molecule has 2 aromatic rings. The molecule has 14 heavy (non-hydrogen) atoms. The van der Waals surface area contributed by atoms with E-state index in [4.69, 9.17) is 4.55 Å². The van der Waals surface area contributed by atoms with Crippen molar-refractivity contribution in [3.63, 3.8) is 0 Å². The van der Waals surface area contributed by atoms with Gasteiger partial charge >= 0.3 is 0 Å². The fourth-order valence-electron chi connectivity index (χ4n) is 1.02. The SMILES string of the molecule is O=S(O)c1c(Br)cc(Br)c2nsnc12. The molecule has 0 aliphatic carbocycles. The molecule has 0 saturated heterocycles. The minimum absolute atomic E-state index is 0.261. The van der Waals surface area contributed by atoms with Crippen molar-refractivity contribution >= 4 is 65.7 Å². The Labute approximate surface area is 103 Å². The summed E-state index contributed by atoms with van der Waals surface area (Å²) in [6.07, 6.45) is 0. The van der Waals surface area contributed by atoms with Crippen molar-refractivity contribution in [3.8, 4) is 0 Å². The van der Waals surface area contributed by atoms with Crippen LogP contribution in [0.3, 0.4) is 0 Å². The van der Waals surface area contributed by atoms with Gasteiger partial charge in [0.25, 0.3) is 0 Å². The molecule has 0 bridgehead atoms. The Morgan fingerprint density at radius 1 is 1.29 bits per heavy atom. The zero-order chi connectivity index (χ0) is 10.3. The van der Waals surface area contributed by atoms with Crippen LogP contribution in [0.25, 0.3) is 11.0 Å². The lowest BCUT2D eigenvalue weighted by Crippen LogP contribution is -1.92. The van der Waals surface area contributed by atoms with E-state index in [0.717, 1.165) is 16.2 Å². The van der Waals surface area contributed by atoms with E-state index in [2.05, 4.69) is 40.6 Å². The fourth-order valence-corrected chi connectivity index (χ4v) is 3.94. The van der Waals surface area contributed by atoms with Gasteiger partial charge in [-0.2, -0.15) is 8.75 Å². The zero-order valence-electron chi connectivity index (χ0n) is 6.40. The molecule has 0 fully saturated rings. The summed E-state index contributed by atoms with van der Waals surface area (Å²) >= 11 is 5.46. The van der Waals surface area contributed by atoms with Crippen LogP contribution in [0.5, 0.6) is 0 Å². The highest BCUT2D eigenvalue weighted by molar-refractivity contribution is 9.11. The molecular weight excluding hydrogens is 356 g/mol. The van der Waals surface area contributed by atoms with Crippen LogP contribution in [0, 0.1) is 0 Å². The maximum atomic E-state index is 11.0. The maximum Gasteiger partial charge on any atom is 0.190 e. The number of benzene rings is 1. The molecule has 0 aliphatic rings. The van der Waals surface area contributed by atoms with Crippen LogP contribution in [-0.4, -0.2) is 17.5 Å². The number of rotatable bonds is 1. The summed E-state index contributed by atoms with van der Waals surface area (Å²) in [6, 6.07) is 1.69. The lowest BCUT2D eigenvalue weighted by Gasteiger charge is -2.00. The van der Waals surface area contributed by atoms with Crippen molar-refractivity contribution in [1.29, 1.82) is 0 Å². The van der Waals surface area contributed by atoms with E-state index in [9.17, 15) is 4.21 Å². The normalized spacial score (nSPS) is 13.4. The van der Waals surface area contributed by atoms with Crippen molar-refractivity contribution in [1.82, 2.24) is 8.75 Å². The molecule has 8 heteroatoms. The molecule has 74 valence electrons. The molecule has 0 saturated carbocycles. The average Bonchev–Trinajstić information content (AvgIpc) is 2.51. The second kappa shape index (κ2) is 3.93. The monoisotopic (exact) mass is 356 g/mol. The van der Waals surface area contributed by atoms with Gasteiger partial charge in [-0.25, -0.2) is 4.21 Å². The molecule has 1 aromatic carbocycles. The molecule has 1 unspecified atom stereocenters. The van der Waals surface area contributed by atoms with Crippen LogP contribution >= 0.6 is 43.6 Å². The number of fused-ring (bicyclic) bond motifs is 1. The quantitative estimate of drug-likeness (QED) is 0.797. The van der Waals surface area contributed by atoms with Gasteiger partial charge in [0, 0.05) is 8.95 Å². The van der Waals surface area contributed by atoms with Gasteiger partial charge in [0.2, 0.25) is 0 Å². The Morgan fingerprint density at radius 2 is 1.93 bits per heavy atom. The van der Waals surface area contributed by atoms with E-state index in [1.54, 1.807) is 6.07 Å². The maximum absolute atomic E-state index is 11.0. The van der Waals surface area contributed by atoms with Crippen LogP contribution in [0.1, 0.15) is 0 Å². The summed E-state index contributed by atoms with van der Waals surface area (Å²) < 4.78 is 29.4. The van der Waals surface area contributed by atoms with Crippen molar-refractivity contribution in [2.45, 2.75) is 4.90 Å². The highest BCUT2D eigenvalue weighted by Crippen LogP contribution is 2.33. The van der Waals surface area contributed by atoms with Crippen LogP contribution < -0.4 is 0 Å². The van der Waals surface area contributed by atoms with E-state index in [-0.39, 0.29) is 4.90 Å². The third-order valence-corrected chi connectivity index (χ3v) is 4.36. The second-order valence-electron chi connectivity index (χ2n) is 2.38. The summed E-state index contributed by atoms with van der Waals surface area (Å²) in [5, 5.41) is 0. The van der Waals surface area contributed by atoms with E-state index in [1.807, 2.05) is 0 Å². The molecule has 1 atom stereocenters. The highest BCUT2D eigenvalue weighted by atomic mass is 79.9. The van der Waals surface area contributed by atoms with Crippen LogP contribution in [0.15, 0.2) is 19.9 Å². The van der Waals surface area contributed by atoms with Gasteiger partial charge in [0.05, 0.1) is 11.7 Å². The number of aromatic nitrogens is 2. The van der Waals surface area contributed by atoms with E-state index in [1.165, 1.54) is 0 Å². The summed E-state index contributed by atoms with van der Waals surface area (Å²) in [4.78, 5) is 0.261. The predicted molar refractivity (Wildman–Crippen MR) is 61.9 cm³/mol. The topological polar surface area (TPSA) is 63.1 Å². The molecule has 1 aromatic heterocycles. The Bertz CT molecular complexity index is 528. The summed E-state index contributed by atoms with van der Waals surface area (Å²) in [5.41, 5.74) is 1.06. The second-order valence-corrected chi connectivity index (χ2v) is 5.52. The summed E-state index contributed by atoms with van der Waals surface area (Å²) in [6.45, 7) is 0. The van der Waals surface area contributed by atoms with Gasteiger partial charge in [-0.1, -0.05) is 0 Å². The van der Waals surface area contributed by atoms with Crippen molar-refractivity contribution in [2.24, 2.45) is 0 Å². The number of nitrogens with zero attached hydrogens (tertiary/aromatic N) is 2. The molecule has 2 rings (SSSR count). The van der Waals surface area contributed by atoms with Gasteiger partial charge in [-0.3, -0.25) is 0 Å². The first-order valence-electron chi connectivity index (χ1n) is 3.32. The third-order valence-electron chi connectivity index (χ3n) is 1.57. The van der Waals surface area contributed by atoms with E-state index >= 15 is 0 Å². The van der Waals surface area contributed by atoms with Gasteiger partial charge in [-0.15, -0.1) is 0 Å². The smallest absolute Gasteiger partial charge is 0.190 e. The number of halogens is 2. The Kier molecular flexibility index (Phi) is 2.98. The molecule has 4 nitrogen and oxygen atoms in total. The molecule has 0 radical (unpaired) electrons.